The number of fused-ring (bicyclic) bond motifs is 1. The first kappa shape index (κ1) is 16.8. The number of alkyl halides is 1. The van der Waals surface area contributed by atoms with E-state index in [0.29, 0.717) is 6.54 Å². The topological polar surface area (TPSA) is 38.3 Å². The minimum Gasteiger partial charge on any atom is -0.494 e. The summed E-state index contributed by atoms with van der Waals surface area (Å²) in [6, 6.07) is 12.5. The van der Waals surface area contributed by atoms with Gasteiger partial charge in [0.15, 0.2) is 0 Å². The Morgan fingerprint density at radius 2 is 2.09 bits per heavy atom. The van der Waals surface area contributed by atoms with Crippen LogP contribution in [0.25, 0.3) is 10.8 Å². The molecule has 0 aliphatic rings. The van der Waals surface area contributed by atoms with Crippen molar-refractivity contribution in [3.05, 3.63) is 42.0 Å². The maximum absolute atomic E-state index is 11.0. The third kappa shape index (κ3) is 5.02. The monoisotopic (exact) mass is 363 g/mol. The van der Waals surface area contributed by atoms with Crippen LogP contribution in [0.3, 0.4) is 0 Å². The van der Waals surface area contributed by atoms with Gasteiger partial charge in [-0.2, -0.15) is 0 Å². The lowest BCUT2D eigenvalue weighted by Gasteiger charge is -2.10. The third-order valence-corrected chi connectivity index (χ3v) is 4.07. The number of ether oxygens (including phenoxy) is 1. The summed E-state index contributed by atoms with van der Waals surface area (Å²) in [7, 11) is 0. The van der Waals surface area contributed by atoms with Crippen molar-refractivity contribution < 1.29 is 9.53 Å². The molecule has 0 aliphatic carbocycles. The SMILES string of the molecule is CC(=O)NCCc1cccc2ccc(OCCCCBr)cc12. The first-order valence-electron chi connectivity index (χ1n) is 7.65. The summed E-state index contributed by atoms with van der Waals surface area (Å²) in [5.41, 5.74) is 1.23. The quantitative estimate of drug-likeness (QED) is 0.566. The fraction of sp³-hybridized carbons (Fsp3) is 0.389. The first-order valence-corrected chi connectivity index (χ1v) is 8.77. The van der Waals surface area contributed by atoms with Crippen LogP contribution in [0.1, 0.15) is 25.3 Å². The van der Waals surface area contributed by atoms with Crippen LogP contribution in [0.15, 0.2) is 36.4 Å². The smallest absolute Gasteiger partial charge is 0.216 e. The Morgan fingerprint density at radius 3 is 2.86 bits per heavy atom. The summed E-state index contributed by atoms with van der Waals surface area (Å²) < 4.78 is 5.82. The van der Waals surface area contributed by atoms with E-state index in [2.05, 4.69) is 51.6 Å². The van der Waals surface area contributed by atoms with E-state index in [9.17, 15) is 4.79 Å². The Labute approximate surface area is 140 Å². The summed E-state index contributed by atoms with van der Waals surface area (Å²) in [5.74, 6) is 0.921. The summed E-state index contributed by atoms with van der Waals surface area (Å²) in [4.78, 5) is 11.0. The molecular weight excluding hydrogens is 342 g/mol. The predicted octanol–water partition coefficient (Wildman–Crippen LogP) is 4.07. The van der Waals surface area contributed by atoms with Crippen LogP contribution in [-0.2, 0) is 11.2 Å². The van der Waals surface area contributed by atoms with Gasteiger partial charge in [-0.1, -0.05) is 40.2 Å². The number of benzene rings is 2. The molecular formula is C18H22BrNO2. The van der Waals surface area contributed by atoms with Gasteiger partial charge in [-0.3, -0.25) is 4.79 Å². The van der Waals surface area contributed by atoms with Crippen LogP contribution in [0.5, 0.6) is 5.75 Å². The fourth-order valence-electron chi connectivity index (χ4n) is 2.38. The molecule has 0 saturated carbocycles. The highest BCUT2D eigenvalue weighted by Gasteiger charge is 2.04. The standard InChI is InChI=1S/C18H22BrNO2/c1-14(21)20-11-9-16-6-4-5-15-7-8-17(13-18(15)16)22-12-3-2-10-19/h4-8,13H,2-3,9-12H2,1H3,(H,20,21). The van der Waals surface area contributed by atoms with Crippen LogP contribution in [0.2, 0.25) is 0 Å². The number of halogens is 1. The molecule has 2 rings (SSSR count). The Hall–Kier alpha value is -1.55. The van der Waals surface area contributed by atoms with E-state index in [1.807, 2.05) is 6.07 Å². The number of amides is 1. The van der Waals surface area contributed by atoms with Crippen molar-refractivity contribution in [1.82, 2.24) is 5.32 Å². The van der Waals surface area contributed by atoms with Gasteiger partial charge >= 0.3 is 0 Å². The Morgan fingerprint density at radius 1 is 1.23 bits per heavy atom. The second-order valence-corrected chi connectivity index (χ2v) is 6.07. The van der Waals surface area contributed by atoms with Crippen molar-refractivity contribution in [2.45, 2.75) is 26.2 Å². The molecule has 0 radical (unpaired) electrons. The zero-order valence-electron chi connectivity index (χ0n) is 12.9. The van der Waals surface area contributed by atoms with Crippen LogP contribution < -0.4 is 10.1 Å². The second kappa shape index (κ2) is 8.79. The average Bonchev–Trinajstić information content (AvgIpc) is 2.51. The van der Waals surface area contributed by atoms with Gasteiger partial charge in [0.1, 0.15) is 5.75 Å². The number of unbranched alkanes of at least 4 members (excludes halogenated alkanes) is 1. The summed E-state index contributed by atoms with van der Waals surface area (Å²) in [6.45, 7) is 2.94. The number of nitrogens with one attached hydrogen (secondary N) is 1. The zero-order chi connectivity index (χ0) is 15.8. The minimum absolute atomic E-state index is 0.0102. The number of carbonyl (C=O) groups is 1. The van der Waals surface area contributed by atoms with E-state index in [0.717, 1.165) is 36.9 Å². The van der Waals surface area contributed by atoms with Crippen molar-refractivity contribution in [3.63, 3.8) is 0 Å². The highest BCUT2D eigenvalue weighted by atomic mass is 79.9. The molecule has 0 aliphatic heterocycles. The highest BCUT2D eigenvalue weighted by Crippen LogP contribution is 2.24. The molecule has 0 bridgehead atoms. The summed E-state index contributed by atoms with van der Waals surface area (Å²) in [5, 5.41) is 6.26. The molecule has 0 heterocycles. The molecule has 4 heteroatoms. The van der Waals surface area contributed by atoms with E-state index in [1.165, 1.54) is 16.3 Å². The van der Waals surface area contributed by atoms with Crippen LogP contribution in [0.4, 0.5) is 0 Å². The Bertz CT molecular complexity index is 628. The Kier molecular flexibility index (Phi) is 6.72. The van der Waals surface area contributed by atoms with Gasteiger partial charge in [-0.25, -0.2) is 0 Å². The molecule has 0 aromatic heterocycles. The van der Waals surface area contributed by atoms with Gasteiger partial charge in [0.25, 0.3) is 0 Å². The molecule has 0 unspecified atom stereocenters. The van der Waals surface area contributed by atoms with E-state index >= 15 is 0 Å². The number of hydrogen-bond donors (Lipinski definition) is 1. The zero-order valence-corrected chi connectivity index (χ0v) is 14.5. The maximum Gasteiger partial charge on any atom is 0.216 e. The first-order chi connectivity index (χ1) is 10.7. The minimum atomic E-state index is 0.0102. The van der Waals surface area contributed by atoms with Crippen LogP contribution in [0, 0.1) is 0 Å². The van der Waals surface area contributed by atoms with Gasteiger partial charge in [0.2, 0.25) is 5.91 Å². The van der Waals surface area contributed by atoms with Crippen LogP contribution in [-0.4, -0.2) is 24.4 Å². The molecule has 118 valence electrons. The maximum atomic E-state index is 11.0. The fourth-order valence-corrected chi connectivity index (χ4v) is 2.78. The Balaban J connectivity index is 2.09. The molecule has 0 atom stereocenters. The molecule has 1 N–H and O–H groups in total. The predicted molar refractivity (Wildman–Crippen MR) is 94.9 cm³/mol. The lowest BCUT2D eigenvalue weighted by Crippen LogP contribution is -2.22. The molecule has 0 fully saturated rings. The molecule has 2 aromatic carbocycles. The number of carbonyl (C=O) groups excluding carboxylic acids is 1. The molecule has 22 heavy (non-hydrogen) atoms. The van der Waals surface area contributed by atoms with Crippen LogP contribution >= 0.6 is 15.9 Å². The van der Waals surface area contributed by atoms with Gasteiger partial charge in [0, 0.05) is 18.8 Å². The van der Waals surface area contributed by atoms with E-state index in [-0.39, 0.29) is 5.91 Å². The van der Waals surface area contributed by atoms with Gasteiger partial charge < -0.3 is 10.1 Å². The van der Waals surface area contributed by atoms with Crippen molar-refractivity contribution in [2.24, 2.45) is 0 Å². The number of hydrogen-bond acceptors (Lipinski definition) is 2. The summed E-state index contributed by atoms with van der Waals surface area (Å²) in [6.07, 6.45) is 2.99. The molecule has 2 aromatic rings. The largest absolute Gasteiger partial charge is 0.494 e. The molecule has 1 amide bonds. The molecule has 0 spiro atoms. The second-order valence-electron chi connectivity index (χ2n) is 5.28. The average molecular weight is 364 g/mol. The van der Waals surface area contributed by atoms with Crippen molar-refractivity contribution >= 4 is 32.6 Å². The third-order valence-electron chi connectivity index (χ3n) is 3.51. The highest BCUT2D eigenvalue weighted by molar-refractivity contribution is 9.09. The van der Waals surface area contributed by atoms with E-state index in [4.69, 9.17) is 4.74 Å². The molecule has 3 nitrogen and oxygen atoms in total. The van der Waals surface area contributed by atoms with Gasteiger partial charge in [-0.15, -0.1) is 0 Å². The van der Waals surface area contributed by atoms with Gasteiger partial charge in [-0.05, 0) is 47.7 Å². The van der Waals surface area contributed by atoms with Gasteiger partial charge in [0.05, 0.1) is 6.61 Å². The van der Waals surface area contributed by atoms with Crippen molar-refractivity contribution in [2.75, 3.05) is 18.5 Å². The lowest BCUT2D eigenvalue weighted by atomic mass is 10.0. The number of rotatable bonds is 8. The summed E-state index contributed by atoms with van der Waals surface area (Å²) >= 11 is 3.43. The van der Waals surface area contributed by atoms with Crippen molar-refractivity contribution in [1.29, 1.82) is 0 Å². The van der Waals surface area contributed by atoms with Crippen molar-refractivity contribution in [3.8, 4) is 5.75 Å². The molecule has 0 saturated heterocycles. The normalized spacial score (nSPS) is 10.6. The van der Waals surface area contributed by atoms with E-state index in [1.54, 1.807) is 6.92 Å². The lowest BCUT2D eigenvalue weighted by molar-refractivity contribution is -0.118. The van der Waals surface area contributed by atoms with E-state index < -0.39 is 0 Å².